The van der Waals surface area contributed by atoms with Crippen molar-refractivity contribution < 1.29 is 0 Å². The van der Waals surface area contributed by atoms with Crippen LogP contribution in [0.2, 0.25) is 5.02 Å². The largest absolute Gasteiger partial charge is 0.333 e. The number of halogens is 1. The molecule has 2 aromatic carbocycles. The Hall–Kier alpha value is -3.18. The van der Waals surface area contributed by atoms with E-state index in [2.05, 4.69) is 30.7 Å². The molecule has 0 spiro atoms. The monoisotopic (exact) mass is 405 g/mol. The third-order valence-corrected chi connectivity index (χ3v) is 5.26. The SMILES string of the molecule is CC(C)(C)c1cncc(-n2c(=O)[nH]c3cc(-c4ccccc4Cl)ccc3c2=O)c1. The van der Waals surface area contributed by atoms with E-state index in [0.29, 0.717) is 21.6 Å². The van der Waals surface area contributed by atoms with Crippen LogP contribution < -0.4 is 11.2 Å². The quantitative estimate of drug-likeness (QED) is 0.526. The Morgan fingerprint density at radius 1 is 1.00 bits per heavy atom. The zero-order chi connectivity index (χ0) is 20.8. The molecule has 0 atom stereocenters. The highest BCUT2D eigenvalue weighted by atomic mass is 35.5. The fraction of sp³-hybridized carbons (Fsp3) is 0.174. The number of aromatic nitrogens is 3. The lowest BCUT2D eigenvalue weighted by Crippen LogP contribution is -2.34. The Labute approximate surface area is 172 Å². The van der Waals surface area contributed by atoms with Crippen LogP contribution in [0.1, 0.15) is 26.3 Å². The zero-order valence-corrected chi connectivity index (χ0v) is 17.1. The van der Waals surface area contributed by atoms with Crippen LogP contribution in [0.25, 0.3) is 27.7 Å². The number of benzene rings is 2. The normalized spacial score (nSPS) is 11.7. The molecule has 6 heteroatoms. The molecule has 2 aromatic heterocycles. The molecule has 29 heavy (non-hydrogen) atoms. The minimum atomic E-state index is -0.508. The van der Waals surface area contributed by atoms with Gasteiger partial charge in [0.15, 0.2) is 0 Å². The molecule has 4 aromatic rings. The van der Waals surface area contributed by atoms with Gasteiger partial charge in [0.05, 0.1) is 22.8 Å². The van der Waals surface area contributed by atoms with E-state index in [1.165, 1.54) is 6.20 Å². The third-order valence-electron chi connectivity index (χ3n) is 4.93. The summed E-state index contributed by atoms with van der Waals surface area (Å²) in [5.74, 6) is 0. The summed E-state index contributed by atoms with van der Waals surface area (Å²) in [6.07, 6.45) is 3.27. The van der Waals surface area contributed by atoms with Crippen molar-refractivity contribution in [3.8, 4) is 16.8 Å². The molecule has 1 N–H and O–H groups in total. The first-order valence-electron chi connectivity index (χ1n) is 9.25. The number of fused-ring (bicyclic) bond motifs is 1. The lowest BCUT2D eigenvalue weighted by Gasteiger charge is -2.19. The molecule has 0 bridgehead atoms. The van der Waals surface area contributed by atoms with E-state index in [0.717, 1.165) is 21.3 Å². The molecular weight excluding hydrogens is 386 g/mol. The minimum absolute atomic E-state index is 0.153. The highest BCUT2D eigenvalue weighted by Gasteiger charge is 2.17. The average molecular weight is 406 g/mol. The summed E-state index contributed by atoms with van der Waals surface area (Å²) < 4.78 is 1.12. The van der Waals surface area contributed by atoms with Crippen LogP contribution >= 0.6 is 11.6 Å². The predicted molar refractivity (Wildman–Crippen MR) is 117 cm³/mol. The first-order valence-corrected chi connectivity index (χ1v) is 9.63. The maximum atomic E-state index is 13.1. The number of H-pyrrole nitrogens is 1. The zero-order valence-electron chi connectivity index (χ0n) is 16.4. The minimum Gasteiger partial charge on any atom is -0.306 e. The van der Waals surface area contributed by atoms with Crippen LogP contribution in [0.15, 0.2) is 70.5 Å². The van der Waals surface area contributed by atoms with Crippen molar-refractivity contribution in [3.05, 3.63) is 92.3 Å². The van der Waals surface area contributed by atoms with Gasteiger partial charge >= 0.3 is 5.69 Å². The van der Waals surface area contributed by atoms with Crippen LogP contribution in [-0.4, -0.2) is 14.5 Å². The summed E-state index contributed by atoms with van der Waals surface area (Å²) in [6, 6.07) is 14.6. The van der Waals surface area contributed by atoms with Crippen molar-refractivity contribution in [2.45, 2.75) is 26.2 Å². The molecule has 5 nitrogen and oxygen atoms in total. The number of hydrogen-bond acceptors (Lipinski definition) is 3. The van der Waals surface area contributed by atoms with Gasteiger partial charge in [-0.15, -0.1) is 0 Å². The Morgan fingerprint density at radius 2 is 1.76 bits per heavy atom. The fourth-order valence-corrected chi connectivity index (χ4v) is 3.52. The molecule has 0 saturated heterocycles. The van der Waals surface area contributed by atoms with E-state index >= 15 is 0 Å². The summed E-state index contributed by atoms with van der Waals surface area (Å²) in [4.78, 5) is 32.9. The van der Waals surface area contributed by atoms with Gasteiger partial charge in [0.1, 0.15) is 0 Å². The number of pyridine rings is 1. The van der Waals surface area contributed by atoms with Crippen molar-refractivity contribution in [1.82, 2.24) is 14.5 Å². The second-order valence-electron chi connectivity index (χ2n) is 7.99. The fourth-order valence-electron chi connectivity index (χ4n) is 3.28. The molecular formula is C23H20ClN3O2. The molecule has 0 aliphatic rings. The van der Waals surface area contributed by atoms with Crippen molar-refractivity contribution in [2.75, 3.05) is 0 Å². The second kappa shape index (κ2) is 7.01. The summed E-state index contributed by atoms with van der Waals surface area (Å²) in [6.45, 7) is 6.16. The molecule has 0 amide bonds. The van der Waals surface area contributed by atoms with Gasteiger partial charge in [-0.05, 0) is 40.8 Å². The Kier molecular flexibility index (Phi) is 4.63. The number of rotatable bonds is 2. The molecule has 0 unspecified atom stereocenters. The third kappa shape index (κ3) is 3.49. The summed E-state index contributed by atoms with van der Waals surface area (Å²) in [5, 5.41) is 1.02. The molecule has 146 valence electrons. The molecule has 0 aliphatic heterocycles. The van der Waals surface area contributed by atoms with Crippen molar-refractivity contribution in [2.24, 2.45) is 0 Å². The van der Waals surface area contributed by atoms with E-state index in [-0.39, 0.29) is 11.0 Å². The van der Waals surface area contributed by atoms with Gasteiger partial charge < -0.3 is 4.98 Å². The smallest absolute Gasteiger partial charge is 0.306 e. The van der Waals surface area contributed by atoms with Gasteiger partial charge in [-0.3, -0.25) is 9.78 Å². The van der Waals surface area contributed by atoms with Crippen molar-refractivity contribution in [1.29, 1.82) is 0 Å². The highest BCUT2D eigenvalue weighted by Crippen LogP contribution is 2.29. The van der Waals surface area contributed by atoms with Gasteiger partial charge in [0.2, 0.25) is 0 Å². The van der Waals surface area contributed by atoms with E-state index in [9.17, 15) is 9.59 Å². The first-order chi connectivity index (χ1) is 13.8. The Balaban J connectivity index is 1.91. The number of nitrogens with zero attached hydrogens (tertiary/aromatic N) is 2. The predicted octanol–water partition coefficient (Wildman–Crippen LogP) is 4.69. The maximum Gasteiger partial charge on any atom is 0.333 e. The number of hydrogen-bond donors (Lipinski definition) is 1. The Bertz CT molecular complexity index is 1350. The van der Waals surface area contributed by atoms with Gasteiger partial charge in [0.25, 0.3) is 5.56 Å². The molecule has 2 heterocycles. The van der Waals surface area contributed by atoms with E-state index in [1.807, 2.05) is 30.3 Å². The van der Waals surface area contributed by atoms with Gasteiger partial charge in [-0.25, -0.2) is 9.36 Å². The number of nitrogens with one attached hydrogen (secondary N) is 1. The van der Waals surface area contributed by atoms with Gasteiger partial charge in [0, 0.05) is 16.8 Å². The van der Waals surface area contributed by atoms with Crippen molar-refractivity contribution in [3.63, 3.8) is 0 Å². The van der Waals surface area contributed by atoms with Crippen LogP contribution in [0.3, 0.4) is 0 Å². The molecule has 0 fully saturated rings. The second-order valence-corrected chi connectivity index (χ2v) is 8.40. The van der Waals surface area contributed by atoms with Crippen LogP contribution in [0.5, 0.6) is 0 Å². The lowest BCUT2D eigenvalue weighted by atomic mass is 9.88. The van der Waals surface area contributed by atoms with Crippen LogP contribution in [0, 0.1) is 0 Å². The first kappa shape index (κ1) is 19.2. The summed E-state index contributed by atoms with van der Waals surface area (Å²) in [7, 11) is 0. The highest BCUT2D eigenvalue weighted by molar-refractivity contribution is 6.33. The topological polar surface area (TPSA) is 67.8 Å². The molecule has 4 rings (SSSR count). The van der Waals surface area contributed by atoms with Gasteiger partial charge in [-0.2, -0.15) is 0 Å². The summed E-state index contributed by atoms with van der Waals surface area (Å²) in [5.41, 5.74) is 2.47. The standard InChI is InChI=1S/C23H20ClN3O2/c1-23(2,3)15-11-16(13-25-12-15)27-21(28)18-9-8-14(10-20(18)26-22(27)29)17-6-4-5-7-19(17)24/h4-13H,1-3H3,(H,26,29). The van der Waals surface area contributed by atoms with Crippen molar-refractivity contribution >= 4 is 22.5 Å². The van der Waals surface area contributed by atoms with Crippen LogP contribution in [-0.2, 0) is 5.41 Å². The number of aromatic amines is 1. The van der Waals surface area contributed by atoms with Crippen LogP contribution in [0.4, 0.5) is 0 Å². The molecule has 0 saturated carbocycles. The lowest BCUT2D eigenvalue weighted by molar-refractivity contribution is 0.586. The average Bonchev–Trinajstić information content (AvgIpc) is 2.67. The molecule has 0 radical (unpaired) electrons. The molecule has 0 aliphatic carbocycles. The van der Waals surface area contributed by atoms with E-state index < -0.39 is 5.69 Å². The summed E-state index contributed by atoms with van der Waals surface area (Å²) >= 11 is 6.28. The Morgan fingerprint density at radius 3 is 2.48 bits per heavy atom. The van der Waals surface area contributed by atoms with Gasteiger partial charge in [-0.1, -0.05) is 56.6 Å². The van der Waals surface area contributed by atoms with E-state index in [4.69, 9.17) is 11.6 Å². The van der Waals surface area contributed by atoms with E-state index in [1.54, 1.807) is 24.4 Å². The maximum absolute atomic E-state index is 13.1.